The Balaban J connectivity index is 1.79. The molecule has 1 aliphatic heterocycles. The molecule has 0 bridgehead atoms. The van der Waals surface area contributed by atoms with Crippen molar-refractivity contribution in [2.45, 2.75) is 0 Å². The van der Waals surface area contributed by atoms with Gasteiger partial charge in [-0.2, -0.15) is 9.97 Å². The van der Waals surface area contributed by atoms with Crippen LogP contribution in [0.25, 0.3) is 0 Å². The number of benzene rings is 1. The van der Waals surface area contributed by atoms with E-state index in [1.54, 1.807) is 12.1 Å². The highest BCUT2D eigenvalue weighted by atomic mass is 19.1. The van der Waals surface area contributed by atoms with Crippen LogP contribution in [0.1, 0.15) is 0 Å². The molecule has 1 fully saturated rings. The van der Waals surface area contributed by atoms with Crippen molar-refractivity contribution in [3.63, 3.8) is 0 Å². The lowest BCUT2D eigenvalue weighted by atomic mass is 10.3. The van der Waals surface area contributed by atoms with Crippen LogP contribution in [0.3, 0.4) is 0 Å². The second-order valence-electron chi connectivity index (χ2n) is 5.39. The molecule has 0 saturated carbocycles. The van der Waals surface area contributed by atoms with E-state index in [1.165, 1.54) is 12.1 Å². The first-order valence-corrected chi connectivity index (χ1v) is 7.21. The van der Waals surface area contributed by atoms with E-state index in [0.717, 1.165) is 37.7 Å². The van der Waals surface area contributed by atoms with Gasteiger partial charge in [-0.05, 0) is 31.3 Å². The Morgan fingerprint density at radius 1 is 1.09 bits per heavy atom. The summed E-state index contributed by atoms with van der Waals surface area (Å²) in [4.78, 5) is 13.0. The fraction of sp³-hybridized carbons (Fsp3) is 0.333. The fourth-order valence-electron chi connectivity index (χ4n) is 2.40. The summed E-state index contributed by atoms with van der Waals surface area (Å²) in [6.07, 6.45) is 0. The molecule has 0 amide bonds. The van der Waals surface area contributed by atoms with Crippen molar-refractivity contribution in [3.05, 3.63) is 36.1 Å². The maximum absolute atomic E-state index is 12.9. The molecule has 2 heterocycles. The molecule has 1 aromatic heterocycles. The Hall–Kier alpha value is -2.41. The number of likely N-dealkylation sites (N-methyl/N-ethyl adjacent to an activating group) is 1. The van der Waals surface area contributed by atoms with Crippen molar-refractivity contribution in [1.82, 2.24) is 14.9 Å². The molecule has 0 atom stereocenters. The summed E-state index contributed by atoms with van der Waals surface area (Å²) >= 11 is 0. The van der Waals surface area contributed by atoms with E-state index in [1.807, 2.05) is 6.07 Å². The first-order chi connectivity index (χ1) is 10.6. The lowest BCUT2D eigenvalue weighted by molar-refractivity contribution is 0.312. The van der Waals surface area contributed by atoms with Gasteiger partial charge in [-0.3, -0.25) is 0 Å². The SMILES string of the molecule is CN1CCN(c2cc(Nc3ccc(F)cc3)nc(N)n2)CC1. The molecule has 0 aliphatic carbocycles. The Bertz CT molecular complexity index is 637. The number of hydrogen-bond acceptors (Lipinski definition) is 6. The molecule has 1 aromatic carbocycles. The standard InChI is InChI=1S/C15H19FN6/c1-21-6-8-22(9-7-21)14-10-13(19-15(17)20-14)18-12-4-2-11(16)3-5-12/h2-5,10H,6-9H2,1H3,(H3,17,18,19,20). The summed E-state index contributed by atoms with van der Waals surface area (Å²) < 4.78 is 12.9. The maximum Gasteiger partial charge on any atom is 0.223 e. The predicted molar refractivity (Wildman–Crippen MR) is 85.8 cm³/mol. The number of rotatable bonds is 3. The van der Waals surface area contributed by atoms with Gasteiger partial charge in [0, 0.05) is 37.9 Å². The monoisotopic (exact) mass is 302 g/mol. The van der Waals surface area contributed by atoms with Gasteiger partial charge in [-0.1, -0.05) is 0 Å². The quantitative estimate of drug-likeness (QED) is 0.899. The summed E-state index contributed by atoms with van der Waals surface area (Å²) in [6, 6.07) is 7.97. The van der Waals surface area contributed by atoms with E-state index in [0.29, 0.717) is 5.82 Å². The molecule has 116 valence electrons. The molecule has 7 heteroatoms. The fourth-order valence-corrected chi connectivity index (χ4v) is 2.40. The Kier molecular flexibility index (Phi) is 4.06. The first kappa shape index (κ1) is 14.5. The minimum atomic E-state index is -0.272. The predicted octanol–water partition coefficient (Wildman–Crippen LogP) is 1.69. The minimum Gasteiger partial charge on any atom is -0.368 e. The summed E-state index contributed by atoms with van der Waals surface area (Å²) in [6.45, 7) is 3.79. The van der Waals surface area contributed by atoms with Crippen LogP contribution in [0.5, 0.6) is 0 Å². The van der Waals surface area contributed by atoms with Crippen molar-refractivity contribution in [1.29, 1.82) is 0 Å². The highest BCUT2D eigenvalue weighted by molar-refractivity contribution is 5.61. The van der Waals surface area contributed by atoms with Crippen molar-refractivity contribution in [2.24, 2.45) is 0 Å². The van der Waals surface area contributed by atoms with Gasteiger partial charge in [-0.15, -0.1) is 0 Å². The summed E-state index contributed by atoms with van der Waals surface area (Å²) in [5, 5.41) is 3.13. The first-order valence-electron chi connectivity index (χ1n) is 7.21. The van der Waals surface area contributed by atoms with E-state index in [9.17, 15) is 4.39 Å². The highest BCUT2D eigenvalue weighted by Crippen LogP contribution is 2.21. The van der Waals surface area contributed by atoms with Gasteiger partial charge in [0.05, 0.1) is 0 Å². The average Bonchev–Trinajstić information content (AvgIpc) is 2.50. The second-order valence-corrected chi connectivity index (χ2v) is 5.39. The largest absolute Gasteiger partial charge is 0.368 e. The van der Waals surface area contributed by atoms with Crippen LogP contribution in [0.4, 0.5) is 27.7 Å². The van der Waals surface area contributed by atoms with E-state index in [-0.39, 0.29) is 11.8 Å². The topological polar surface area (TPSA) is 70.3 Å². The van der Waals surface area contributed by atoms with Crippen LogP contribution < -0.4 is 16.0 Å². The maximum atomic E-state index is 12.9. The number of aromatic nitrogens is 2. The number of nitrogens with zero attached hydrogens (tertiary/aromatic N) is 4. The third kappa shape index (κ3) is 3.43. The molecule has 6 nitrogen and oxygen atoms in total. The molecule has 2 aromatic rings. The summed E-state index contributed by atoms with van der Waals surface area (Å²) in [5.41, 5.74) is 6.57. The van der Waals surface area contributed by atoms with Crippen molar-refractivity contribution in [2.75, 3.05) is 49.2 Å². The second kappa shape index (κ2) is 6.15. The minimum absolute atomic E-state index is 0.223. The van der Waals surface area contributed by atoms with Crippen LogP contribution in [0.15, 0.2) is 30.3 Å². The molecule has 22 heavy (non-hydrogen) atoms. The van der Waals surface area contributed by atoms with Crippen molar-refractivity contribution >= 4 is 23.3 Å². The van der Waals surface area contributed by atoms with Gasteiger partial charge in [0.1, 0.15) is 17.5 Å². The van der Waals surface area contributed by atoms with Crippen LogP contribution in [-0.4, -0.2) is 48.1 Å². The number of nitrogens with one attached hydrogen (secondary N) is 1. The van der Waals surface area contributed by atoms with E-state index in [2.05, 4.69) is 32.1 Å². The molecule has 0 spiro atoms. The van der Waals surface area contributed by atoms with Gasteiger partial charge in [0.15, 0.2) is 0 Å². The smallest absolute Gasteiger partial charge is 0.223 e. The highest BCUT2D eigenvalue weighted by Gasteiger charge is 2.16. The van der Waals surface area contributed by atoms with E-state index >= 15 is 0 Å². The summed E-state index contributed by atoms with van der Waals surface area (Å²) in [7, 11) is 2.10. The molecule has 1 saturated heterocycles. The zero-order valence-corrected chi connectivity index (χ0v) is 12.5. The number of hydrogen-bond donors (Lipinski definition) is 2. The number of piperazine rings is 1. The van der Waals surface area contributed by atoms with E-state index in [4.69, 9.17) is 5.73 Å². The van der Waals surface area contributed by atoms with Crippen LogP contribution in [0, 0.1) is 5.82 Å². The average molecular weight is 302 g/mol. The summed E-state index contributed by atoms with van der Waals surface area (Å²) in [5.74, 6) is 1.37. The zero-order chi connectivity index (χ0) is 15.5. The van der Waals surface area contributed by atoms with Gasteiger partial charge in [-0.25, -0.2) is 4.39 Å². The number of anilines is 4. The Labute approximate surface area is 128 Å². The zero-order valence-electron chi connectivity index (χ0n) is 12.5. The molecule has 3 N–H and O–H groups in total. The van der Waals surface area contributed by atoms with Crippen molar-refractivity contribution < 1.29 is 4.39 Å². The van der Waals surface area contributed by atoms with Crippen molar-refractivity contribution in [3.8, 4) is 0 Å². The lowest BCUT2D eigenvalue weighted by Gasteiger charge is -2.33. The van der Waals surface area contributed by atoms with Gasteiger partial charge >= 0.3 is 0 Å². The van der Waals surface area contributed by atoms with Crippen LogP contribution >= 0.6 is 0 Å². The molecule has 0 unspecified atom stereocenters. The molecular formula is C15H19FN6. The van der Waals surface area contributed by atoms with Crippen LogP contribution in [0.2, 0.25) is 0 Å². The van der Waals surface area contributed by atoms with Crippen LogP contribution in [-0.2, 0) is 0 Å². The third-order valence-corrected chi connectivity index (χ3v) is 3.67. The lowest BCUT2D eigenvalue weighted by Crippen LogP contribution is -2.44. The molecule has 1 aliphatic rings. The van der Waals surface area contributed by atoms with E-state index < -0.39 is 0 Å². The van der Waals surface area contributed by atoms with Gasteiger partial charge in [0.25, 0.3) is 0 Å². The number of halogens is 1. The normalized spacial score (nSPS) is 15.8. The Morgan fingerprint density at radius 2 is 1.77 bits per heavy atom. The third-order valence-electron chi connectivity index (χ3n) is 3.67. The molecule has 3 rings (SSSR count). The number of nitrogen functional groups attached to an aromatic ring is 1. The number of nitrogens with two attached hydrogens (primary N) is 1. The van der Waals surface area contributed by atoms with Gasteiger partial charge < -0.3 is 20.9 Å². The Morgan fingerprint density at radius 3 is 2.45 bits per heavy atom. The van der Waals surface area contributed by atoms with Gasteiger partial charge in [0.2, 0.25) is 5.95 Å². The molecular weight excluding hydrogens is 283 g/mol. The molecule has 0 radical (unpaired) electrons.